The van der Waals surface area contributed by atoms with Gasteiger partial charge in [-0.25, -0.2) is 0 Å². The Morgan fingerprint density at radius 1 is 0.840 bits per heavy atom. The van der Waals surface area contributed by atoms with Crippen LogP contribution in [0.2, 0.25) is 0 Å². The van der Waals surface area contributed by atoms with Crippen molar-refractivity contribution in [3.05, 3.63) is 82.4 Å². The second-order valence-electron chi connectivity index (χ2n) is 6.97. The predicted octanol–water partition coefficient (Wildman–Crippen LogP) is 7.26. The molecule has 0 aliphatic carbocycles. The van der Waals surface area contributed by atoms with Crippen molar-refractivity contribution in [2.45, 2.75) is 26.7 Å². The van der Waals surface area contributed by atoms with E-state index >= 15 is 0 Å². The van der Waals surface area contributed by atoms with Gasteiger partial charge in [-0.3, -0.25) is 0 Å². The van der Waals surface area contributed by atoms with Gasteiger partial charge in [-0.05, 0) is 53.4 Å². The lowest BCUT2D eigenvalue weighted by Gasteiger charge is -2.16. The molecule has 0 amide bonds. The molecular formula is C23H22OS. The van der Waals surface area contributed by atoms with Crippen LogP contribution in [0.25, 0.3) is 21.9 Å². The maximum Gasteiger partial charge on any atom is 0.112 e. The fourth-order valence-corrected chi connectivity index (χ4v) is 4.61. The van der Waals surface area contributed by atoms with Gasteiger partial charge in [0, 0.05) is 15.3 Å². The van der Waals surface area contributed by atoms with Gasteiger partial charge in [0.25, 0.3) is 0 Å². The van der Waals surface area contributed by atoms with E-state index in [9.17, 15) is 0 Å². The second-order valence-corrected chi connectivity index (χ2v) is 8.29. The lowest BCUT2D eigenvalue weighted by molar-refractivity contribution is 0.435. The maximum atomic E-state index is 6.02. The monoisotopic (exact) mass is 346 g/mol. The Balaban J connectivity index is 1.72. The lowest BCUT2D eigenvalue weighted by atomic mass is 9.91. The molecule has 4 aromatic rings. The molecule has 2 heterocycles. The smallest absolute Gasteiger partial charge is 0.112 e. The van der Waals surface area contributed by atoms with Gasteiger partial charge in [0.05, 0.1) is 12.2 Å². The quantitative estimate of drug-likeness (QED) is 0.379. The first-order chi connectivity index (χ1) is 12.1. The maximum absolute atomic E-state index is 6.02. The van der Waals surface area contributed by atoms with E-state index in [2.05, 4.69) is 81.4 Å². The third-order valence-corrected chi connectivity index (χ3v) is 5.83. The summed E-state index contributed by atoms with van der Waals surface area (Å²) in [6.07, 6.45) is 1.90. The van der Waals surface area contributed by atoms with Crippen molar-refractivity contribution >= 4 is 22.1 Å². The first kappa shape index (κ1) is 16.2. The van der Waals surface area contributed by atoms with E-state index in [1.54, 1.807) is 0 Å². The lowest BCUT2D eigenvalue weighted by Crippen LogP contribution is -2.05. The van der Waals surface area contributed by atoms with Gasteiger partial charge in [-0.1, -0.05) is 50.2 Å². The molecule has 2 aromatic heterocycles. The molecule has 126 valence electrons. The van der Waals surface area contributed by atoms with Crippen LogP contribution >= 0.6 is 11.3 Å². The van der Waals surface area contributed by atoms with E-state index in [0.29, 0.717) is 11.8 Å². The molecule has 1 nitrogen and oxygen atoms in total. The third kappa shape index (κ3) is 3.14. The second kappa shape index (κ2) is 6.53. The van der Waals surface area contributed by atoms with Crippen LogP contribution in [0.15, 0.2) is 71.3 Å². The average Bonchev–Trinajstić information content (AvgIpc) is 3.24. The summed E-state index contributed by atoms with van der Waals surface area (Å²) < 4.78 is 6.02. The van der Waals surface area contributed by atoms with Crippen molar-refractivity contribution in [3.8, 4) is 11.1 Å². The third-order valence-electron chi connectivity index (χ3n) is 4.74. The highest BCUT2D eigenvalue weighted by atomic mass is 32.1. The SMILES string of the molecule is Cc1ccc(C(c2cc(-c3ccc4ccccc4c3)co2)C(C)C)s1. The number of thiophene rings is 1. The molecule has 2 aromatic carbocycles. The largest absolute Gasteiger partial charge is 0.468 e. The Labute approximate surface area is 152 Å². The Bertz CT molecular complexity index is 1010. The van der Waals surface area contributed by atoms with Gasteiger partial charge in [0.1, 0.15) is 5.76 Å². The summed E-state index contributed by atoms with van der Waals surface area (Å²) in [6, 6.07) is 21.7. The Hall–Kier alpha value is -2.32. The zero-order chi connectivity index (χ0) is 17.4. The molecule has 0 N–H and O–H groups in total. The fraction of sp³-hybridized carbons (Fsp3) is 0.217. The molecule has 0 saturated carbocycles. The minimum atomic E-state index is 0.313. The van der Waals surface area contributed by atoms with Gasteiger partial charge in [-0.15, -0.1) is 11.3 Å². The molecule has 25 heavy (non-hydrogen) atoms. The van der Waals surface area contributed by atoms with E-state index in [1.807, 2.05) is 17.6 Å². The van der Waals surface area contributed by atoms with Crippen molar-refractivity contribution in [2.24, 2.45) is 5.92 Å². The van der Waals surface area contributed by atoms with Gasteiger partial charge < -0.3 is 4.42 Å². The number of hydrogen-bond donors (Lipinski definition) is 0. The molecule has 1 unspecified atom stereocenters. The number of benzene rings is 2. The number of aryl methyl sites for hydroxylation is 1. The zero-order valence-electron chi connectivity index (χ0n) is 14.8. The first-order valence-electron chi connectivity index (χ1n) is 8.76. The molecule has 0 radical (unpaired) electrons. The van der Waals surface area contributed by atoms with E-state index in [1.165, 1.54) is 26.1 Å². The number of hydrogen-bond acceptors (Lipinski definition) is 2. The van der Waals surface area contributed by atoms with Crippen LogP contribution in [-0.2, 0) is 0 Å². The van der Waals surface area contributed by atoms with Crippen LogP contribution in [0.4, 0.5) is 0 Å². The van der Waals surface area contributed by atoms with Crippen LogP contribution in [-0.4, -0.2) is 0 Å². The molecule has 2 heteroatoms. The summed E-state index contributed by atoms with van der Waals surface area (Å²) in [5.74, 6) is 1.86. The Morgan fingerprint density at radius 3 is 2.36 bits per heavy atom. The molecular weight excluding hydrogens is 324 g/mol. The Morgan fingerprint density at radius 2 is 1.64 bits per heavy atom. The highest BCUT2D eigenvalue weighted by molar-refractivity contribution is 7.12. The van der Waals surface area contributed by atoms with Crippen molar-refractivity contribution in [3.63, 3.8) is 0 Å². The molecule has 0 spiro atoms. The molecule has 4 rings (SSSR count). The van der Waals surface area contributed by atoms with Crippen molar-refractivity contribution in [2.75, 3.05) is 0 Å². The highest BCUT2D eigenvalue weighted by Gasteiger charge is 2.23. The van der Waals surface area contributed by atoms with Crippen LogP contribution < -0.4 is 0 Å². The summed E-state index contributed by atoms with van der Waals surface area (Å²) in [6.45, 7) is 6.68. The highest BCUT2D eigenvalue weighted by Crippen LogP contribution is 2.38. The van der Waals surface area contributed by atoms with Gasteiger partial charge in [0.2, 0.25) is 0 Å². The van der Waals surface area contributed by atoms with Gasteiger partial charge >= 0.3 is 0 Å². The predicted molar refractivity (Wildman–Crippen MR) is 107 cm³/mol. The summed E-state index contributed by atoms with van der Waals surface area (Å²) in [4.78, 5) is 2.73. The minimum absolute atomic E-state index is 0.313. The van der Waals surface area contributed by atoms with Gasteiger partial charge in [0.15, 0.2) is 0 Å². The summed E-state index contributed by atoms with van der Waals surface area (Å²) in [7, 11) is 0. The van der Waals surface area contributed by atoms with Crippen LogP contribution in [0.3, 0.4) is 0 Å². The molecule has 0 aliphatic heterocycles. The van der Waals surface area contributed by atoms with Crippen molar-refractivity contribution in [1.82, 2.24) is 0 Å². The van der Waals surface area contributed by atoms with Crippen LogP contribution in [0.1, 0.15) is 35.3 Å². The Kier molecular flexibility index (Phi) is 4.22. The van der Waals surface area contributed by atoms with E-state index in [4.69, 9.17) is 4.42 Å². The normalized spacial score (nSPS) is 12.8. The summed E-state index contributed by atoms with van der Waals surface area (Å²) in [5, 5.41) is 2.53. The van der Waals surface area contributed by atoms with E-state index in [0.717, 1.165) is 11.3 Å². The number of furan rings is 1. The van der Waals surface area contributed by atoms with Crippen LogP contribution in [0.5, 0.6) is 0 Å². The first-order valence-corrected chi connectivity index (χ1v) is 9.57. The van der Waals surface area contributed by atoms with Crippen molar-refractivity contribution in [1.29, 1.82) is 0 Å². The number of fused-ring (bicyclic) bond motifs is 1. The molecule has 1 atom stereocenters. The number of rotatable bonds is 4. The molecule has 0 bridgehead atoms. The zero-order valence-corrected chi connectivity index (χ0v) is 15.6. The topological polar surface area (TPSA) is 13.1 Å². The van der Waals surface area contributed by atoms with Crippen molar-refractivity contribution < 1.29 is 4.42 Å². The van der Waals surface area contributed by atoms with E-state index < -0.39 is 0 Å². The standard InChI is InChI=1S/C23H22OS/c1-15(2)23(22-11-8-16(3)25-22)21-13-20(14-24-21)19-10-9-17-6-4-5-7-18(17)12-19/h4-15,23H,1-3H3. The molecule has 0 aliphatic rings. The minimum Gasteiger partial charge on any atom is -0.468 e. The van der Waals surface area contributed by atoms with E-state index in [-0.39, 0.29) is 0 Å². The fourth-order valence-electron chi connectivity index (χ4n) is 3.45. The summed E-state index contributed by atoms with van der Waals surface area (Å²) >= 11 is 1.87. The van der Waals surface area contributed by atoms with Crippen LogP contribution in [0, 0.1) is 12.8 Å². The van der Waals surface area contributed by atoms with Gasteiger partial charge in [-0.2, -0.15) is 0 Å². The molecule has 0 saturated heterocycles. The summed E-state index contributed by atoms with van der Waals surface area (Å²) in [5.41, 5.74) is 2.36. The average molecular weight is 346 g/mol. The molecule has 0 fully saturated rings.